The Morgan fingerprint density at radius 1 is 1.03 bits per heavy atom. The zero-order valence-corrected chi connectivity index (χ0v) is 18.2. The Balaban J connectivity index is 1.60. The summed E-state index contributed by atoms with van der Waals surface area (Å²) in [6.45, 7) is 1.63. The van der Waals surface area contributed by atoms with Gasteiger partial charge in [0.1, 0.15) is 5.75 Å². The number of amides is 2. The first-order chi connectivity index (χ1) is 14.9. The predicted octanol–water partition coefficient (Wildman–Crippen LogP) is 2.86. The summed E-state index contributed by atoms with van der Waals surface area (Å²) < 4.78 is 32.6. The van der Waals surface area contributed by atoms with Gasteiger partial charge in [-0.15, -0.1) is 0 Å². The molecule has 31 heavy (non-hydrogen) atoms. The highest BCUT2D eigenvalue weighted by Gasteiger charge is 2.28. The van der Waals surface area contributed by atoms with E-state index in [1.54, 1.807) is 29.2 Å². The van der Waals surface area contributed by atoms with Crippen molar-refractivity contribution in [2.24, 2.45) is 0 Å². The fraction of sp³-hybridized carbons (Fsp3) is 0.364. The van der Waals surface area contributed by atoms with Gasteiger partial charge in [-0.25, -0.2) is 8.42 Å². The molecule has 0 spiro atoms. The maximum atomic E-state index is 12.9. The van der Waals surface area contributed by atoms with E-state index in [2.05, 4.69) is 5.32 Å². The van der Waals surface area contributed by atoms with Gasteiger partial charge in [0.15, 0.2) is 0 Å². The minimum atomic E-state index is -3.63. The van der Waals surface area contributed by atoms with Crippen LogP contribution in [0.15, 0.2) is 47.4 Å². The van der Waals surface area contributed by atoms with E-state index in [1.807, 2.05) is 0 Å². The number of methoxy groups -OCH3 is 1. The van der Waals surface area contributed by atoms with Crippen LogP contribution in [0.3, 0.4) is 0 Å². The number of benzene rings is 2. The number of carbonyl (C=O) groups excluding carboxylic acids is 2. The van der Waals surface area contributed by atoms with Gasteiger partial charge in [-0.1, -0.05) is 6.07 Å². The van der Waals surface area contributed by atoms with Crippen molar-refractivity contribution in [3.05, 3.63) is 48.0 Å². The number of hydrogen-bond acceptors (Lipinski definition) is 5. The maximum Gasteiger partial charge on any atom is 0.255 e. The van der Waals surface area contributed by atoms with E-state index >= 15 is 0 Å². The molecule has 0 unspecified atom stereocenters. The quantitative estimate of drug-likeness (QED) is 0.741. The van der Waals surface area contributed by atoms with Crippen LogP contribution >= 0.6 is 0 Å². The van der Waals surface area contributed by atoms with E-state index in [1.165, 1.54) is 29.6 Å². The second kappa shape index (κ2) is 8.68. The molecule has 2 aromatic carbocycles. The van der Waals surface area contributed by atoms with Gasteiger partial charge in [-0.3, -0.25) is 9.59 Å². The normalized spacial score (nSPS) is 17.2. The molecule has 2 aliphatic heterocycles. The Labute approximate surface area is 181 Å². The molecule has 0 radical (unpaired) electrons. The van der Waals surface area contributed by atoms with Gasteiger partial charge < -0.3 is 15.0 Å². The number of hydrogen-bond donors (Lipinski definition) is 1. The van der Waals surface area contributed by atoms with Gasteiger partial charge in [0.2, 0.25) is 15.9 Å². The molecule has 2 fully saturated rings. The monoisotopic (exact) mass is 443 g/mol. The van der Waals surface area contributed by atoms with E-state index in [9.17, 15) is 18.0 Å². The summed E-state index contributed by atoms with van der Waals surface area (Å²) in [6, 6.07) is 11.3. The smallest absolute Gasteiger partial charge is 0.255 e. The molecule has 2 saturated heterocycles. The molecule has 9 heteroatoms. The van der Waals surface area contributed by atoms with Crippen LogP contribution in [0.25, 0.3) is 0 Å². The van der Waals surface area contributed by atoms with E-state index in [-0.39, 0.29) is 16.5 Å². The van der Waals surface area contributed by atoms with Crippen LogP contribution in [0.2, 0.25) is 0 Å². The Morgan fingerprint density at radius 2 is 1.81 bits per heavy atom. The fourth-order valence-corrected chi connectivity index (χ4v) is 5.50. The van der Waals surface area contributed by atoms with Gasteiger partial charge in [-0.05, 0) is 55.7 Å². The van der Waals surface area contributed by atoms with Crippen molar-refractivity contribution in [1.82, 2.24) is 4.31 Å². The number of nitrogens with zero attached hydrogens (tertiary/aromatic N) is 2. The number of sulfonamides is 1. The summed E-state index contributed by atoms with van der Waals surface area (Å²) in [4.78, 5) is 26.7. The lowest BCUT2D eigenvalue weighted by atomic mass is 10.1. The van der Waals surface area contributed by atoms with Gasteiger partial charge in [0.25, 0.3) is 5.91 Å². The molecule has 0 atom stereocenters. The van der Waals surface area contributed by atoms with Crippen LogP contribution in [0, 0.1) is 0 Å². The highest BCUT2D eigenvalue weighted by Crippen LogP contribution is 2.31. The largest absolute Gasteiger partial charge is 0.495 e. The van der Waals surface area contributed by atoms with Gasteiger partial charge >= 0.3 is 0 Å². The summed E-state index contributed by atoms with van der Waals surface area (Å²) in [7, 11) is -2.17. The lowest BCUT2D eigenvalue weighted by molar-refractivity contribution is -0.117. The van der Waals surface area contributed by atoms with Crippen molar-refractivity contribution in [2.45, 2.75) is 30.6 Å². The SMILES string of the molecule is COc1ccc(S(=O)(=O)N2CCCC2)cc1NC(=O)c1cccc(N2CCCC2=O)c1. The van der Waals surface area contributed by atoms with E-state index in [4.69, 9.17) is 4.74 Å². The average molecular weight is 444 g/mol. The van der Waals surface area contributed by atoms with E-state index < -0.39 is 15.9 Å². The fourth-order valence-electron chi connectivity index (χ4n) is 3.95. The van der Waals surface area contributed by atoms with Crippen molar-refractivity contribution in [3.63, 3.8) is 0 Å². The van der Waals surface area contributed by atoms with Crippen molar-refractivity contribution < 1.29 is 22.7 Å². The molecule has 0 bridgehead atoms. The molecule has 2 heterocycles. The molecule has 0 aliphatic carbocycles. The second-order valence-electron chi connectivity index (χ2n) is 7.63. The number of rotatable bonds is 6. The average Bonchev–Trinajstić information content (AvgIpc) is 3.46. The third kappa shape index (κ3) is 4.28. The van der Waals surface area contributed by atoms with Crippen molar-refractivity contribution >= 4 is 33.2 Å². The minimum Gasteiger partial charge on any atom is -0.495 e. The molecule has 164 valence electrons. The molecule has 0 aromatic heterocycles. The second-order valence-corrected chi connectivity index (χ2v) is 9.56. The summed E-state index contributed by atoms with van der Waals surface area (Å²) >= 11 is 0. The van der Waals surface area contributed by atoms with Crippen LogP contribution < -0.4 is 15.0 Å². The van der Waals surface area contributed by atoms with Crippen LogP contribution in [0.1, 0.15) is 36.0 Å². The Hall–Kier alpha value is -2.91. The topological polar surface area (TPSA) is 96.0 Å². The Kier molecular flexibility index (Phi) is 5.97. The summed E-state index contributed by atoms with van der Waals surface area (Å²) in [6.07, 6.45) is 2.99. The molecule has 8 nitrogen and oxygen atoms in total. The molecular weight excluding hydrogens is 418 g/mol. The van der Waals surface area contributed by atoms with Crippen molar-refractivity contribution in [3.8, 4) is 5.75 Å². The van der Waals surface area contributed by atoms with Crippen LogP contribution in [0.5, 0.6) is 5.75 Å². The maximum absolute atomic E-state index is 12.9. The lowest BCUT2D eigenvalue weighted by Crippen LogP contribution is -2.28. The molecule has 1 N–H and O–H groups in total. The van der Waals surface area contributed by atoms with Gasteiger partial charge in [0.05, 0.1) is 17.7 Å². The predicted molar refractivity (Wildman–Crippen MR) is 117 cm³/mol. The van der Waals surface area contributed by atoms with Crippen molar-refractivity contribution in [2.75, 3.05) is 37.0 Å². The summed E-state index contributed by atoms with van der Waals surface area (Å²) in [5.74, 6) is -0.0128. The first-order valence-corrected chi connectivity index (χ1v) is 11.7. The third-order valence-electron chi connectivity index (χ3n) is 5.62. The van der Waals surface area contributed by atoms with E-state index in [0.29, 0.717) is 43.1 Å². The van der Waals surface area contributed by atoms with Crippen LogP contribution in [-0.2, 0) is 14.8 Å². The Bertz CT molecular complexity index is 1110. The Morgan fingerprint density at radius 3 is 2.48 bits per heavy atom. The van der Waals surface area contributed by atoms with Crippen LogP contribution in [0.4, 0.5) is 11.4 Å². The first-order valence-electron chi connectivity index (χ1n) is 10.3. The van der Waals surface area contributed by atoms with Crippen molar-refractivity contribution in [1.29, 1.82) is 0 Å². The molecule has 2 amide bonds. The minimum absolute atomic E-state index is 0.0408. The van der Waals surface area contributed by atoms with Crippen LogP contribution in [-0.4, -0.2) is 51.3 Å². The highest BCUT2D eigenvalue weighted by atomic mass is 32.2. The molecule has 2 aliphatic rings. The molecule has 0 saturated carbocycles. The molecular formula is C22H25N3O5S. The van der Waals surface area contributed by atoms with Gasteiger partial charge in [0, 0.05) is 37.3 Å². The molecule has 2 aromatic rings. The van der Waals surface area contributed by atoms with Gasteiger partial charge in [-0.2, -0.15) is 4.31 Å². The number of anilines is 2. The zero-order valence-electron chi connectivity index (χ0n) is 17.3. The summed E-state index contributed by atoms with van der Waals surface area (Å²) in [5.41, 5.74) is 1.31. The number of ether oxygens (including phenoxy) is 1. The highest BCUT2D eigenvalue weighted by molar-refractivity contribution is 7.89. The number of carbonyl (C=O) groups is 2. The lowest BCUT2D eigenvalue weighted by Gasteiger charge is -2.18. The standard InChI is InChI=1S/C22H25N3O5S/c1-30-20-10-9-18(31(28,29)24-11-2-3-12-24)15-19(20)23-22(27)16-6-4-7-17(14-16)25-13-5-8-21(25)26/h4,6-7,9-10,14-15H,2-3,5,8,11-13H2,1H3,(H,23,27). The third-order valence-corrected chi connectivity index (χ3v) is 7.51. The van der Waals surface area contributed by atoms with E-state index in [0.717, 1.165) is 19.3 Å². The zero-order chi connectivity index (χ0) is 22.0. The summed E-state index contributed by atoms with van der Waals surface area (Å²) in [5, 5.41) is 2.76. The first kappa shape index (κ1) is 21.3. The number of nitrogens with one attached hydrogen (secondary N) is 1. The molecule has 4 rings (SSSR count).